The Labute approximate surface area is 180 Å². The summed E-state index contributed by atoms with van der Waals surface area (Å²) in [5.41, 5.74) is 1.63. The third-order valence-corrected chi connectivity index (χ3v) is 5.60. The molecule has 4 rings (SSSR count). The van der Waals surface area contributed by atoms with Crippen molar-refractivity contribution in [2.24, 2.45) is 0 Å². The number of carbonyl (C=O) groups is 1. The van der Waals surface area contributed by atoms with Gasteiger partial charge in [-0.05, 0) is 49.1 Å². The topological polar surface area (TPSA) is 67.2 Å². The Bertz CT molecular complexity index is 1090. The first-order valence-corrected chi connectivity index (χ1v) is 10.4. The summed E-state index contributed by atoms with van der Waals surface area (Å²) in [5.74, 6) is 0.636. The number of carbonyl (C=O) groups excluding carboxylic acids is 1. The molecule has 1 N–H and O–H groups in total. The highest BCUT2D eigenvalue weighted by Crippen LogP contribution is 2.19. The average molecular weight is 423 g/mol. The van der Waals surface area contributed by atoms with E-state index in [1.807, 2.05) is 30.3 Å². The molecule has 3 heterocycles. The maximum Gasteiger partial charge on any atom is 0.257 e. The van der Waals surface area contributed by atoms with Gasteiger partial charge in [-0.15, -0.1) is 0 Å². The van der Waals surface area contributed by atoms with Crippen molar-refractivity contribution in [3.05, 3.63) is 87.4 Å². The van der Waals surface area contributed by atoms with Crippen LogP contribution in [0.25, 0.3) is 0 Å². The Hall–Kier alpha value is -3.12. The molecule has 1 amide bonds. The van der Waals surface area contributed by atoms with E-state index in [0.717, 1.165) is 24.5 Å². The predicted molar refractivity (Wildman–Crippen MR) is 120 cm³/mol. The molecule has 2 aromatic heterocycles. The van der Waals surface area contributed by atoms with Crippen LogP contribution in [0, 0.1) is 0 Å². The average Bonchev–Trinajstić information content (AvgIpc) is 2.78. The molecule has 3 aromatic rings. The van der Waals surface area contributed by atoms with Crippen LogP contribution in [0.5, 0.6) is 0 Å². The normalized spacial score (nSPS) is 13.8. The van der Waals surface area contributed by atoms with E-state index in [0.29, 0.717) is 22.8 Å². The van der Waals surface area contributed by atoms with Gasteiger partial charge in [-0.3, -0.25) is 9.59 Å². The van der Waals surface area contributed by atoms with Crippen molar-refractivity contribution in [2.45, 2.75) is 25.8 Å². The third kappa shape index (κ3) is 4.71. The molecular weight excluding hydrogens is 400 g/mol. The number of anilines is 2. The molecule has 0 aliphatic carbocycles. The lowest BCUT2D eigenvalue weighted by atomic mass is 10.1. The number of benzene rings is 1. The fourth-order valence-electron chi connectivity index (χ4n) is 3.57. The van der Waals surface area contributed by atoms with Crippen molar-refractivity contribution in [1.29, 1.82) is 0 Å². The number of rotatable bonds is 5. The second kappa shape index (κ2) is 9.13. The van der Waals surface area contributed by atoms with Crippen molar-refractivity contribution in [3.63, 3.8) is 0 Å². The van der Waals surface area contributed by atoms with Gasteiger partial charge in [-0.1, -0.05) is 29.8 Å². The van der Waals surface area contributed by atoms with Gasteiger partial charge in [0.05, 0.1) is 24.0 Å². The van der Waals surface area contributed by atoms with Gasteiger partial charge < -0.3 is 14.8 Å². The molecule has 7 heteroatoms. The number of hydrogen-bond donors (Lipinski definition) is 1. The number of nitrogens with zero attached hydrogens (tertiary/aromatic N) is 3. The van der Waals surface area contributed by atoms with Crippen molar-refractivity contribution in [3.8, 4) is 0 Å². The lowest BCUT2D eigenvalue weighted by Gasteiger charge is -2.27. The minimum Gasteiger partial charge on any atom is -0.357 e. The van der Waals surface area contributed by atoms with Gasteiger partial charge in [0.1, 0.15) is 5.82 Å². The summed E-state index contributed by atoms with van der Waals surface area (Å²) >= 11 is 6.20. The maximum absolute atomic E-state index is 12.7. The number of piperidine rings is 1. The summed E-state index contributed by atoms with van der Waals surface area (Å²) in [6, 6.07) is 14.0. The highest BCUT2D eigenvalue weighted by molar-refractivity contribution is 6.31. The van der Waals surface area contributed by atoms with Crippen molar-refractivity contribution >= 4 is 29.0 Å². The van der Waals surface area contributed by atoms with Crippen LogP contribution in [-0.2, 0) is 6.54 Å². The molecule has 1 saturated heterocycles. The number of halogens is 1. The molecule has 0 atom stereocenters. The fraction of sp³-hybridized carbons (Fsp3) is 0.261. The molecule has 1 aliphatic heterocycles. The van der Waals surface area contributed by atoms with Gasteiger partial charge in [0.15, 0.2) is 0 Å². The zero-order chi connectivity index (χ0) is 20.9. The largest absolute Gasteiger partial charge is 0.357 e. The first-order valence-electron chi connectivity index (χ1n) is 10.1. The van der Waals surface area contributed by atoms with Crippen molar-refractivity contribution in [2.75, 3.05) is 23.3 Å². The number of hydrogen-bond acceptors (Lipinski definition) is 4. The Balaban J connectivity index is 1.47. The molecule has 6 nitrogen and oxygen atoms in total. The zero-order valence-corrected chi connectivity index (χ0v) is 17.3. The number of amides is 1. The maximum atomic E-state index is 12.7. The zero-order valence-electron chi connectivity index (χ0n) is 16.6. The summed E-state index contributed by atoms with van der Waals surface area (Å²) in [5, 5.41) is 3.43. The Morgan fingerprint density at radius 3 is 2.57 bits per heavy atom. The quantitative estimate of drug-likeness (QED) is 0.669. The number of nitrogens with one attached hydrogen (secondary N) is 1. The van der Waals surface area contributed by atoms with Crippen LogP contribution >= 0.6 is 11.6 Å². The summed E-state index contributed by atoms with van der Waals surface area (Å²) in [4.78, 5) is 31.7. The molecule has 0 bridgehead atoms. The van der Waals surface area contributed by atoms with E-state index in [1.165, 1.54) is 36.0 Å². The van der Waals surface area contributed by atoms with Gasteiger partial charge >= 0.3 is 0 Å². The van der Waals surface area contributed by atoms with Crippen LogP contribution in [0.15, 0.2) is 65.7 Å². The SMILES string of the molecule is O=C(Nc1ccc(N2CCCCC2)nc1)c1ccc(=O)n(Cc2ccccc2Cl)c1. The molecule has 1 aliphatic rings. The van der Waals surface area contributed by atoms with E-state index in [2.05, 4.69) is 15.2 Å². The molecule has 1 aromatic carbocycles. The number of pyridine rings is 2. The van der Waals surface area contributed by atoms with Gasteiger partial charge in [0.25, 0.3) is 11.5 Å². The Morgan fingerprint density at radius 2 is 1.83 bits per heavy atom. The lowest BCUT2D eigenvalue weighted by Crippen LogP contribution is -2.30. The monoisotopic (exact) mass is 422 g/mol. The predicted octanol–water partition coefficient (Wildman–Crippen LogP) is 4.19. The van der Waals surface area contributed by atoms with Gasteiger partial charge in [0.2, 0.25) is 0 Å². The van der Waals surface area contributed by atoms with Crippen LogP contribution in [0.3, 0.4) is 0 Å². The van der Waals surface area contributed by atoms with Crippen molar-refractivity contribution in [1.82, 2.24) is 9.55 Å². The Kier molecular flexibility index (Phi) is 6.14. The van der Waals surface area contributed by atoms with E-state index in [4.69, 9.17) is 11.6 Å². The molecule has 0 spiro atoms. The van der Waals surface area contributed by atoms with Crippen LogP contribution in [0.2, 0.25) is 5.02 Å². The first kappa shape index (κ1) is 20.2. The summed E-state index contributed by atoms with van der Waals surface area (Å²) < 4.78 is 1.48. The second-order valence-electron chi connectivity index (χ2n) is 7.38. The van der Waals surface area contributed by atoms with Crippen LogP contribution in [0.4, 0.5) is 11.5 Å². The fourth-order valence-corrected chi connectivity index (χ4v) is 3.77. The molecule has 1 fully saturated rings. The second-order valence-corrected chi connectivity index (χ2v) is 7.79. The molecule has 0 saturated carbocycles. The smallest absolute Gasteiger partial charge is 0.257 e. The molecule has 30 heavy (non-hydrogen) atoms. The molecular formula is C23H23ClN4O2. The summed E-state index contributed by atoms with van der Waals surface area (Å²) in [6.07, 6.45) is 6.86. The first-order chi connectivity index (χ1) is 14.6. The Morgan fingerprint density at radius 1 is 1.03 bits per heavy atom. The van der Waals surface area contributed by atoms with Crippen molar-refractivity contribution < 1.29 is 4.79 Å². The van der Waals surface area contributed by atoms with E-state index < -0.39 is 0 Å². The minimum atomic E-state index is -0.296. The third-order valence-electron chi connectivity index (χ3n) is 5.23. The highest BCUT2D eigenvalue weighted by atomic mass is 35.5. The molecule has 0 radical (unpaired) electrons. The van der Waals surface area contributed by atoms with Gasteiger partial charge in [-0.2, -0.15) is 0 Å². The van der Waals surface area contributed by atoms with Crippen LogP contribution < -0.4 is 15.8 Å². The van der Waals surface area contributed by atoms with Gasteiger partial charge in [-0.25, -0.2) is 4.98 Å². The van der Waals surface area contributed by atoms with E-state index in [9.17, 15) is 9.59 Å². The minimum absolute atomic E-state index is 0.195. The summed E-state index contributed by atoms with van der Waals surface area (Å²) in [6.45, 7) is 2.34. The van der Waals surface area contributed by atoms with Gasteiger partial charge in [0, 0.05) is 30.4 Å². The summed E-state index contributed by atoms with van der Waals surface area (Å²) in [7, 11) is 0. The standard InChI is InChI=1S/C23H23ClN4O2/c24-20-7-3-2-6-17(20)15-28-16-18(8-11-22(28)29)23(30)26-19-9-10-21(25-14-19)27-12-4-1-5-13-27/h2-3,6-11,14,16H,1,4-5,12-13,15H2,(H,26,30). The number of aromatic nitrogens is 2. The molecule has 154 valence electrons. The van der Waals surface area contributed by atoms with E-state index in [-0.39, 0.29) is 11.5 Å². The van der Waals surface area contributed by atoms with E-state index in [1.54, 1.807) is 18.5 Å². The van der Waals surface area contributed by atoms with Crippen LogP contribution in [-0.4, -0.2) is 28.5 Å². The van der Waals surface area contributed by atoms with E-state index >= 15 is 0 Å². The lowest BCUT2D eigenvalue weighted by molar-refractivity contribution is 0.102. The molecule has 0 unspecified atom stereocenters. The highest BCUT2D eigenvalue weighted by Gasteiger charge is 2.13. The van der Waals surface area contributed by atoms with Crippen LogP contribution in [0.1, 0.15) is 35.2 Å².